The molecule has 1 atom stereocenters. The molecular weight excluding hydrogens is 214 g/mol. The van der Waals surface area contributed by atoms with Gasteiger partial charge in [-0.3, -0.25) is 0 Å². The van der Waals surface area contributed by atoms with Crippen LogP contribution in [0.1, 0.15) is 10.7 Å². The monoisotopic (exact) mass is 231 g/mol. The van der Waals surface area contributed by atoms with E-state index in [-0.39, 0.29) is 0 Å². The van der Waals surface area contributed by atoms with Crippen molar-refractivity contribution in [2.45, 2.75) is 19.4 Å². The van der Waals surface area contributed by atoms with Gasteiger partial charge in [0.15, 0.2) is 0 Å². The highest BCUT2D eigenvalue weighted by molar-refractivity contribution is 7.09. The zero-order chi connectivity index (χ0) is 11.1. The summed E-state index contributed by atoms with van der Waals surface area (Å²) < 4.78 is 10.0. The van der Waals surface area contributed by atoms with Gasteiger partial charge in [-0.05, 0) is 6.92 Å². The first-order chi connectivity index (χ1) is 7.22. The van der Waals surface area contributed by atoms with Crippen LogP contribution in [-0.4, -0.2) is 43.1 Å². The summed E-state index contributed by atoms with van der Waals surface area (Å²) in [7, 11) is 1.62. The number of aliphatic hydroxyl groups is 1. The Balaban J connectivity index is 2.15. The van der Waals surface area contributed by atoms with Crippen molar-refractivity contribution in [2.75, 3.05) is 26.9 Å². The molecule has 1 aromatic heterocycles. The predicted molar refractivity (Wildman–Crippen MR) is 59.3 cm³/mol. The number of aromatic nitrogens is 1. The summed E-state index contributed by atoms with van der Waals surface area (Å²) in [6, 6.07) is 0. The lowest BCUT2D eigenvalue weighted by Gasteiger charge is -2.09. The van der Waals surface area contributed by atoms with Crippen LogP contribution in [0.25, 0.3) is 0 Å². The van der Waals surface area contributed by atoms with Crippen molar-refractivity contribution in [1.29, 1.82) is 0 Å². The van der Waals surface area contributed by atoms with Crippen LogP contribution >= 0.6 is 11.3 Å². The molecule has 5 heteroatoms. The van der Waals surface area contributed by atoms with E-state index < -0.39 is 6.10 Å². The SMILES string of the molecule is COCCOCC(O)Cc1csc(C)n1. The van der Waals surface area contributed by atoms with Crippen molar-refractivity contribution in [1.82, 2.24) is 4.98 Å². The fraction of sp³-hybridized carbons (Fsp3) is 0.700. The number of nitrogens with zero attached hydrogens (tertiary/aromatic N) is 1. The number of thiazole rings is 1. The molecule has 0 saturated heterocycles. The number of methoxy groups -OCH3 is 1. The van der Waals surface area contributed by atoms with Crippen molar-refractivity contribution < 1.29 is 14.6 Å². The van der Waals surface area contributed by atoms with Crippen LogP contribution in [0, 0.1) is 6.92 Å². The van der Waals surface area contributed by atoms with E-state index in [0.29, 0.717) is 26.2 Å². The number of ether oxygens (including phenoxy) is 2. The first kappa shape index (κ1) is 12.6. The van der Waals surface area contributed by atoms with E-state index in [9.17, 15) is 5.11 Å². The van der Waals surface area contributed by atoms with E-state index in [1.165, 1.54) is 0 Å². The number of hydrogen-bond donors (Lipinski definition) is 1. The van der Waals surface area contributed by atoms with E-state index in [1.807, 2.05) is 12.3 Å². The molecular formula is C10H17NO3S. The van der Waals surface area contributed by atoms with Crippen LogP contribution in [0.15, 0.2) is 5.38 Å². The fourth-order valence-corrected chi connectivity index (χ4v) is 1.79. The Hall–Kier alpha value is -0.490. The van der Waals surface area contributed by atoms with Crippen LogP contribution in [-0.2, 0) is 15.9 Å². The molecule has 0 fully saturated rings. The second kappa shape index (κ2) is 6.90. The number of rotatable bonds is 7. The summed E-state index contributed by atoms with van der Waals surface area (Å²) in [5.74, 6) is 0. The van der Waals surface area contributed by atoms with Crippen molar-refractivity contribution in [2.24, 2.45) is 0 Å². The zero-order valence-electron chi connectivity index (χ0n) is 9.10. The van der Waals surface area contributed by atoms with Gasteiger partial charge in [0.1, 0.15) is 0 Å². The molecule has 1 heterocycles. The van der Waals surface area contributed by atoms with Gasteiger partial charge in [0, 0.05) is 18.9 Å². The Morgan fingerprint density at radius 1 is 1.53 bits per heavy atom. The summed E-state index contributed by atoms with van der Waals surface area (Å²) in [6.07, 6.45) is 0.0699. The van der Waals surface area contributed by atoms with Gasteiger partial charge in [-0.15, -0.1) is 11.3 Å². The van der Waals surface area contributed by atoms with Gasteiger partial charge in [0.2, 0.25) is 0 Å². The fourth-order valence-electron chi connectivity index (χ4n) is 1.16. The molecule has 0 saturated carbocycles. The van der Waals surface area contributed by atoms with Gasteiger partial charge in [-0.2, -0.15) is 0 Å². The highest BCUT2D eigenvalue weighted by Crippen LogP contribution is 2.09. The Labute approximate surface area is 93.9 Å². The molecule has 0 amide bonds. The minimum Gasteiger partial charge on any atom is -0.390 e. The van der Waals surface area contributed by atoms with Gasteiger partial charge in [0.05, 0.1) is 36.6 Å². The minimum absolute atomic E-state index is 0.333. The third-order valence-electron chi connectivity index (χ3n) is 1.85. The molecule has 0 aromatic carbocycles. The van der Waals surface area contributed by atoms with Gasteiger partial charge >= 0.3 is 0 Å². The van der Waals surface area contributed by atoms with Gasteiger partial charge < -0.3 is 14.6 Å². The Bertz CT molecular complexity index is 277. The third kappa shape index (κ3) is 5.22. The molecule has 1 unspecified atom stereocenters. The van der Waals surface area contributed by atoms with E-state index in [0.717, 1.165) is 10.7 Å². The largest absolute Gasteiger partial charge is 0.390 e. The molecule has 0 aliphatic rings. The summed E-state index contributed by atoms with van der Waals surface area (Å²) in [5, 5.41) is 12.6. The molecule has 0 aliphatic heterocycles. The van der Waals surface area contributed by atoms with Crippen LogP contribution in [0.3, 0.4) is 0 Å². The molecule has 0 radical (unpaired) electrons. The second-order valence-electron chi connectivity index (χ2n) is 3.28. The van der Waals surface area contributed by atoms with Gasteiger partial charge in [-0.25, -0.2) is 4.98 Å². The number of aryl methyl sites for hydroxylation is 1. The number of aliphatic hydroxyl groups excluding tert-OH is 1. The molecule has 0 spiro atoms. The molecule has 1 rings (SSSR count). The minimum atomic E-state index is -0.483. The maximum absolute atomic E-state index is 9.61. The van der Waals surface area contributed by atoms with Crippen molar-refractivity contribution >= 4 is 11.3 Å². The lowest BCUT2D eigenvalue weighted by atomic mass is 10.2. The quantitative estimate of drug-likeness (QED) is 0.712. The second-order valence-corrected chi connectivity index (χ2v) is 4.35. The first-order valence-electron chi connectivity index (χ1n) is 4.88. The smallest absolute Gasteiger partial charge is 0.0897 e. The van der Waals surface area contributed by atoms with Crippen LogP contribution in [0.5, 0.6) is 0 Å². The molecule has 1 aromatic rings. The van der Waals surface area contributed by atoms with E-state index >= 15 is 0 Å². The average molecular weight is 231 g/mol. The zero-order valence-corrected chi connectivity index (χ0v) is 9.92. The Morgan fingerprint density at radius 3 is 2.93 bits per heavy atom. The van der Waals surface area contributed by atoms with Gasteiger partial charge in [0.25, 0.3) is 0 Å². The van der Waals surface area contributed by atoms with Crippen LogP contribution in [0.4, 0.5) is 0 Å². The predicted octanol–water partition coefficient (Wildman–Crippen LogP) is 1.02. The van der Waals surface area contributed by atoms with Crippen molar-refractivity contribution in [3.63, 3.8) is 0 Å². The van der Waals surface area contributed by atoms with Crippen molar-refractivity contribution in [3.8, 4) is 0 Å². The lowest BCUT2D eigenvalue weighted by Crippen LogP contribution is -2.19. The number of hydrogen-bond acceptors (Lipinski definition) is 5. The molecule has 0 aliphatic carbocycles. The molecule has 86 valence electrons. The Kier molecular flexibility index (Phi) is 5.78. The first-order valence-corrected chi connectivity index (χ1v) is 5.76. The molecule has 1 N–H and O–H groups in total. The maximum Gasteiger partial charge on any atom is 0.0897 e. The highest BCUT2D eigenvalue weighted by Gasteiger charge is 2.07. The van der Waals surface area contributed by atoms with E-state index in [4.69, 9.17) is 9.47 Å². The lowest BCUT2D eigenvalue weighted by molar-refractivity contribution is 0.0134. The molecule has 4 nitrogen and oxygen atoms in total. The Morgan fingerprint density at radius 2 is 2.33 bits per heavy atom. The van der Waals surface area contributed by atoms with Crippen molar-refractivity contribution in [3.05, 3.63) is 16.1 Å². The third-order valence-corrected chi connectivity index (χ3v) is 2.68. The average Bonchev–Trinajstić information content (AvgIpc) is 2.59. The normalized spacial score (nSPS) is 13.0. The summed E-state index contributed by atoms with van der Waals surface area (Å²) >= 11 is 1.60. The summed E-state index contributed by atoms with van der Waals surface area (Å²) in [5.41, 5.74) is 0.931. The van der Waals surface area contributed by atoms with E-state index in [1.54, 1.807) is 18.4 Å². The molecule has 0 bridgehead atoms. The van der Waals surface area contributed by atoms with Crippen LogP contribution in [0.2, 0.25) is 0 Å². The summed E-state index contributed by atoms with van der Waals surface area (Å²) in [6.45, 7) is 3.36. The van der Waals surface area contributed by atoms with Gasteiger partial charge in [-0.1, -0.05) is 0 Å². The molecule has 15 heavy (non-hydrogen) atoms. The summed E-state index contributed by atoms with van der Waals surface area (Å²) in [4.78, 5) is 4.27. The standard InChI is InChI=1S/C10H17NO3S/c1-8-11-9(7-15-8)5-10(12)6-14-4-3-13-2/h7,10,12H,3-6H2,1-2H3. The topological polar surface area (TPSA) is 51.6 Å². The maximum atomic E-state index is 9.61. The van der Waals surface area contributed by atoms with E-state index in [2.05, 4.69) is 4.98 Å². The van der Waals surface area contributed by atoms with Crippen LogP contribution < -0.4 is 0 Å². The highest BCUT2D eigenvalue weighted by atomic mass is 32.1.